The van der Waals surface area contributed by atoms with Crippen molar-refractivity contribution >= 4 is 29.2 Å². The van der Waals surface area contributed by atoms with Crippen molar-refractivity contribution in [3.63, 3.8) is 0 Å². The van der Waals surface area contributed by atoms with Crippen molar-refractivity contribution in [3.05, 3.63) is 63.6 Å². The minimum Gasteiger partial charge on any atom is -0.420 e. The van der Waals surface area contributed by atoms with E-state index in [0.717, 1.165) is 0 Å². The minimum atomic E-state index is -0.541. The Morgan fingerprint density at radius 2 is 1.68 bits per heavy atom. The molecule has 0 radical (unpaired) electrons. The van der Waals surface area contributed by atoms with Gasteiger partial charge in [0.1, 0.15) is 0 Å². The van der Waals surface area contributed by atoms with Crippen molar-refractivity contribution in [2.75, 3.05) is 0 Å². The lowest BCUT2D eigenvalue weighted by molar-refractivity contribution is 0.0735. The van der Waals surface area contributed by atoms with Gasteiger partial charge in [-0.2, -0.15) is 0 Å². The molecule has 0 aliphatic carbocycles. The quantitative estimate of drug-likeness (QED) is 0.694. The zero-order valence-electron chi connectivity index (χ0n) is 9.77. The largest absolute Gasteiger partial charge is 0.420 e. The highest BCUT2D eigenvalue weighted by atomic mass is 35.5. The first kappa shape index (κ1) is 13.9. The Morgan fingerprint density at radius 3 is 2.21 bits per heavy atom. The highest BCUT2D eigenvalue weighted by Crippen LogP contribution is 2.34. The zero-order valence-corrected chi connectivity index (χ0v) is 11.3. The summed E-state index contributed by atoms with van der Waals surface area (Å²) in [5.74, 6) is -0.449. The molecule has 0 amide bonds. The smallest absolute Gasteiger partial charge is 0.343 e. The fourth-order valence-corrected chi connectivity index (χ4v) is 2.14. The normalized spacial score (nSPS) is 10.3. The summed E-state index contributed by atoms with van der Waals surface area (Å²) in [6.07, 6.45) is 0. The summed E-state index contributed by atoms with van der Waals surface area (Å²) in [5.41, 5.74) is 0.954. The number of rotatable bonds is 3. The van der Waals surface area contributed by atoms with Gasteiger partial charge in [-0.1, -0.05) is 41.4 Å². The molecule has 0 fully saturated rings. The molecule has 5 heteroatoms. The van der Waals surface area contributed by atoms with Gasteiger partial charge in [0.05, 0.1) is 22.2 Å². The molecule has 98 valence electrons. The van der Waals surface area contributed by atoms with Crippen LogP contribution in [0.4, 0.5) is 0 Å². The Morgan fingerprint density at radius 1 is 1.11 bits per heavy atom. The Labute approximate surface area is 120 Å². The predicted molar refractivity (Wildman–Crippen MR) is 73.8 cm³/mol. The maximum atomic E-state index is 11.9. The number of hydrogen-bond donors (Lipinski definition) is 1. The summed E-state index contributed by atoms with van der Waals surface area (Å²) in [4.78, 5) is 11.9. The van der Waals surface area contributed by atoms with E-state index in [4.69, 9.17) is 33.0 Å². The summed E-state index contributed by atoms with van der Waals surface area (Å²) >= 11 is 11.9. The number of carbonyl (C=O) groups is 1. The van der Waals surface area contributed by atoms with E-state index in [1.165, 1.54) is 12.1 Å². The molecule has 0 unspecified atom stereocenters. The second-order valence-corrected chi connectivity index (χ2v) is 4.62. The SMILES string of the molecule is O=C(Oc1c(Cl)cc(CO)cc1Cl)c1ccccc1. The number of halogens is 2. The van der Waals surface area contributed by atoms with Crippen molar-refractivity contribution in [2.45, 2.75) is 6.61 Å². The number of aliphatic hydroxyl groups excluding tert-OH is 1. The topological polar surface area (TPSA) is 46.5 Å². The Kier molecular flexibility index (Phi) is 4.43. The minimum absolute atomic E-state index is 0.0920. The second-order valence-electron chi connectivity index (χ2n) is 3.80. The first-order valence-corrected chi connectivity index (χ1v) is 6.23. The van der Waals surface area contributed by atoms with E-state index in [1.54, 1.807) is 30.3 Å². The van der Waals surface area contributed by atoms with Crippen LogP contribution in [-0.4, -0.2) is 11.1 Å². The molecular formula is C14H10Cl2O3. The molecule has 0 saturated carbocycles. The van der Waals surface area contributed by atoms with Crippen LogP contribution in [0.1, 0.15) is 15.9 Å². The van der Waals surface area contributed by atoms with E-state index in [-0.39, 0.29) is 22.4 Å². The van der Waals surface area contributed by atoms with Gasteiger partial charge < -0.3 is 9.84 Å². The average molecular weight is 297 g/mol. The van der Waals surface area contributed by atoms with Crippen molar-refractivity contribution in [1.82, 2.24) is 0 Å². The van der Waals surface area contributed by atoms with E-state index >= 15 is 0 Å². The maximum Gasteiger partial charge on any atom is 0.343 e. The van der Waals surface area contributed by atoms with Crippen LogP contribution in [0.25, 0.3) is 0 Å². The molecule has 0 aliphatic heterocycles. The van der Waals surface area contributed by atoms with E-state index in [9.17, 15) is 4.79 Å². The number of carbonyl (C=O) groups excluding carboxylic acids is 1. The van der Waals surface area contributed by atoms with Crippen molar-refractivity contribution < 1.29 is 14.6 Å². The lowest BCUT2D eigenvalue weighted by Crippen LogP contribution is -2.09. The fourth-order valence-electron chi connectivity index (χ4n) is 1.53. The fraction of sp³-hybridized carbons (Fsp3) is 0.0714. The Bertz CT molecular complexity index is 574. The van der Waals surface area contributed by atoms with Gasteiger partial charge in [-0.3, -0.25) is 0 Å². The number of aliphatic hydroxyl groups is 1. The van der Waals surface area contributed by atoms with Crippen LogP contribution in [0.3, 0.4) is 0 Å². The van der Waals surface area contributed by atoms with Gasteiger partial charge in [-0.05, 0) is 29.8 Å². The van der Waals surface area contributed by atoms with Gasteiger partial charge in [0.2, 0.25) is 0 Å². The van der Waals surface area contributed by atoms with Gasteiger partial charge in [-0.15, -0.1) is 0 Å². The monoisotopic (exact) mass is 296 g/mol. The molecule has 0 atom stereocenters. The van der Waals surface area contributed by atoms with Crippen molar-refractivity contribution in [3.8, 4) is 5.75 Å². The lowest BCUT2D eigenvalue weighted by Gasteiger charge is -2.09. The number of benzene rings is 2. The van der Waals surface area contributed by atoms with Crippen LogP contribution >= 0.6 is 23.2 Å². The third-order valence-electron chi connectivity index (χ3n) is 2.44. The third kappa shape index (κ3) is 3.26. The molecule has 0 aromatic heterocycles. The first-order chi connectivity index (χ1) is 9.11. The average Bonchev–Trinajstić information content (AvgIpc) is 2.43. The second kappa shape index (κ2) is 6.06. The molecule has 2 aromatic rings. The molecule has 0 saturated heterocycles. The molecule has 0 aliphatic rings. The maximum absolute atomic E-state index is 11.9. The Balaban J connectivity index is 2.27. The summed E-state index contributed by atoms with van der Waals surface area (Å²) in [5, 5.41) is 9.37. The van der Waals surface area contributed by atoms with Crippen molar-refractivity contribution in [2.24, 2.45) is 0 Å². The lowest BCUT2D eigenvalue weighted by atomic mass is 10.2. The van der Waals surface area contributed by atoms with E-state index in [0.29, 0.717) is 11.1 Å². The molecule has 3 nitrogen and oxygen atoms in total. The molecule has 1 N–H and O–H groups in total. The van der Waals surface area contributed by atoms with E-state index in [1.807, 2.05) is 0 Å². The van der Waals surface area contributed by atoms with Gasteiger partial charge in [0.15, 0.2) is 5.75 Å². The molecular weight excluding hydrogens is 287 g/mol. The highest BCUT2D eigenvalue weighted by molar-refractivity contribution is 6.37. The van der Waals surface area contributed by atoms with Crippen LogP contribution in [0, 0.1) is 0 Å². The van der Waals surface area contributed by atoms with Crippen LogP contribution in [-0.2, 0) is 6.61 Å². The third-order valence-corrected chi connectivity index (χ3v) is 3.01. The number of esters is 1. The summed E-state index contributed by atoms with van der Waals surface area (Å²) in [6.45, 7) is -0.188. The van der Waals surface area contributed by atoms with Gasteiger partial charge in [-0.25, -0.2) is 4.79 Å². The standard InChI is InChI=1S/C14H10Cl2O3/c15-11-6-9(8-17)7-12(16)13(11)19-14(18)10-4-2-1-3-5-10/h1-7,17H,8H2. The molecule has 0 bridgehead atoms. The predicted octanol–water partition coefficient (Wildman–Crippen LogP) is 3.70. The van der Waals surface area contributed by atoms with E-state index in [2.05, 4.69) is 0 Å². The first-order valence-electron chi connectivity index (χ1n) is 5.48. The molecule has 2 aromatic carbocycles. The molecule has 0 spiro atoms. The van der Waals surface area contributed by atoms with Crippen molar-refractivity contribution in [1.29, 1.82) is 0 Å². The summed E-state index contributed by atoms with van der Waals surface area (Å²) < 4.78 is 5.18. The molecule has 0 heterocycles. The van der Waals surface area contributed by atoms with Gasteiger partial charge in [0.25, 0.3) is 0 Å². The van der Waals surface area contributed by atoms with Gasteiger partial charge >= 0.3 is 5.97 Å². The number of ether oxygens (including phenoxy) is 1. The zero-order chi connectivity index (χ0) is 13.8. The van der Waals surface area contributed by atoms with Crippen LogP contribution in [0.15, 0.2) is 42.5 Å². The number of hydrogen-bond acceptors (Lipinski definition) is 3. The molecule has 2 rings (SSSR count). The molecule has 19 heavy (non-hydrogen) atoms. The summed E-state index contributed by atoms with van der Waals surface area (Å²) in [7, 11) is 0. The van der Waals surface area contributed by atoms with Gasteiger partial charge in [0, 0.05) is 0 Å². The Hall–Kier alpha value is -1.55. The van der Waals surface area contributed by atoms with Crippen LogP contribution in [0.2, 0.25) is 10.0 Å². The summed E-state index contributed by atoms with van der Waals surface area (Å²) in [6, 6.07) is 11.5. The van der Waals surface area contributed by atoms with Crippen LogP contribution < -0.4 is 4.74 Å². The highest BCUT2D eigenvalue weighted by Gasteiger charge is 2.15. The van der Waals surface area contributed by atoms with Crippen LogP contribution in [0.5, 0.6) is 5.75 Å². The van der Waals surface area contributed by atoms with E-state index < -0.39 is 5.97 Å².